The number of hydrogen-bond donors (Lipinski definition) is 0. The molecule has 0 spiro atoms. The van der Waals surface area contributed by atoms with Gasteiger partial charge in [-0.05, 0) is 106 Å². The van der Waals surface area contributed by atoms with Gasteiger partial charge >= 0.3 is 0 Å². The molecule has 0 aromatic carbocycles. The van der Waals surface area contributed by atoms with Gasteiger partial charge in [-0.2, -0.15) is 0 Å². The SMILES string of the molecule is CC1(C)CCCC(C)(C)N1c1cccc(N2C(C)(C)CCCC2(C)C)n1. The molecular weight excluding hydrogens is 318 g/mol. The zero-order valence-corrected chi connectivity index (χ0v) is 18.3. The van der Waals surface area contributed by atoms with Gasteiger partial charge in [0, 0.05) is 22.2 Å². The number of nitrogens with zero attached hydrogens (tertiary/aromatic N) is 3. The van der Waals surface area contributed by atoms with E-state index in [4.69, 9.17) is 4.98 Å². The number of rotatable bonds is 2. The van der Waals surface area contributed by atoms with Crippen molar-refractivity contribution in [2.75, 3.05) is 9.80 Å². The lowest BCUT2D eigenvalue weighted by Crippen LogP contribution is -2.60. The van der Waals surface area contributed by atoms with E-state index in [-0.39, 0.29) is 22.2 Å². The Kier molecular flexibility index (Phi) is 4.61. The molecular formula is C23H39N3. The molecule has 2 aliphatic rings. The lowest BCUT2D eigenvalue weighted by atomic mass is 9.79. The molecule has 0 unspecified atom stereocenters. The van der Waals surface area contributed by atoms with E-state index >= 15 is 0 Å². The highest BCUT2D eigenvalue weighted by molar-refractivity contribution is 5.55. The summed E-state index contributed by atoms with van der Waals surface area (Å²) in [7, 11) is 0. The molecule has 3 nitrogen and oxygen atoms in total. The molecule has 146 valence electrons. The fraction of sp³-hybridized carbons (Fsp3) is 0.783. The Balaban J connectivity index is 2.05. The Hall–Kier alpha value is -1.25. The first kappa shape index (κ1) is 19.5. The van der Waals surface area contributed by atoms with Gasteiger partial charge in [-0.1, -0.05) is 6.07 Å². The van der Waals surface area contributed by atoms with E-state index in [0.29, 0.717) is 0 Å². The third kappa shape index (κ3) is 3.34. The minimum Gasteiger partial charge on any atom is -0.346 e. The van der Waals surface area contributed by atoms with E-state index in [1.165, 1.54) is 38.5 Å². The summed E-state index contributed by atoms with van der Waals surface area (Å²) < 4.78 is 0. The van der Waals surface area contributed by atoms with Crippen molar-refractivity contribution in [3.8, 4) is 0 Å². The third-order valence-electron chi connectivity index (χ3n) is 6.75. The summed E-state index contributed by atoms with van der Waals surface area (Å²) >= 11 is 0. The van der Waals surface area contributed by atoms with Crippen molar-refractivity contribution >= 4 is 11.6 Å². The highest BCUT2D eigenvalue weighted by Crippen LogP contribution is 2.44. The lowest BCUT2D eigenvalue weighted by Gasteiger charge is -2.55. The first-order chi connectivity index (χ1) is 11.9. The average Bonchev–Trinajstić information content (AvgIpc) is 2.43. The zero-order valence-electron chi connectivity index (χ0n) is 18.3. The van der Waals surface area contributed by atoms with Crippen LogP contribution in [0.5, 0.6) is 0 Å². The second kappa shape index (κ2) is 6.14. The van der Waals surface area contributed by atoms with Crippen LogP contribution in [0.2, 0.25) is 0 Å². The summed E-state index contributed by atoms with van der Waals surface area (Å²) in [5, 5.41) is 0. The molecule has 0 N–H and O–H groups in total. The predicted molar refractivity (Wildman–Crippen MR) is 113 cm³/mol. The number of piperidine rings is 2. The van der Waals surface area contributed by atoms with Gasteiger partial charge in [0.2, 0.25) is 0 Å². The van der Waals surface area contributed by atoms with Crippen LogP contribution in [0.4, 0.5) is 11.6 Å². The van der Waals surface area contributed by atoms with Crippen LogP contribution in [-0.4, -0.2) is 27.1 Å². The summed E-state index contributed by atoms with van der Waals surface area (Å²) in [4.78, 5) is 10.4. The van der Waals surface area contributed by atoms with Gasteiger partial charge in [-0.15, -0.1) is 0 Å². The van der Waals surface area contributed by atoms with Crippen LogP contribution < -0.4 is 9.80 Å². The predicted octanol–water partition coefficient (Wildman–Crippen LogP) is 6.18. The molecule has 26 heavy (non-hydrogen) atoms. The van der Waals surface area contributed by atoms with Crippen molar-refractivity contribution < 1.29 is 0 Å². The molecule has 3 rings (SSSR count). The molecule has 3 heterocycles. The molecule has 2 saturated heterocycles. The second-order valence-electron chi connectivity index (χ2n) is 11.0. The van der Waals surface area contributed by atoms with Gasteiger partial charge in [-0.25, -0.2) is 4.98 Å². The average molecular weight is 358 g/mol. The molecule has 0 saturated carbocycles. The maximum atomic E-state index is 5.25. The Morgan fingerprint density at radius 1 is 0.615 bits per heavy atom. The van der Waals surface area contributed by atoms with Crippen LogP contribution in [0.1, 0.15) is 93.9 Å². The topological polar surface area (TPSA) is 19.4 Å². The van der Waals surface area contributed by atoms with Crippen molar-refractivity contribution in [3.63, 3.8) is 0 Å². The molecule has 0 atom stereocenters. The van der Waals surface area contributed by atoms with Crippen LogP contribution in [0.3, 0.4) is 0 Å². The number of aromatic nitrogens is 1. The Bertz CT molecular complexity index is 572. The Morgan fingerprint density at radius 3 is 1.23 bits per heavy atom. The van der Waals surface area contributed by atoms with Gasteiger partial charge in [0.1, 0.15) is 11.6 Å². The van der Waals surface area contributed by atoms with Crippen LogP contribution in [0.25, 0.3) is 0 Å². The first-order valence-corrected chi connectivity index (χ1v) is 10.4. The summed E-state index contributed by atoms with van der Waals surface area (Å²) in [6.45, 7) is 19.0. The number of anilines is 2. The molecule has 0 bridgehead atoms. The quantitative estimate of drug-likeness (QED) is 0.630. The van der Waals surface area contributed by atoms with Crippen molar-refractivity contribution in [1.82, 2.24) is 4.98 Å². The number of hydrogen-bond acceptors (Lipinski definition) is 3. The molecule has 0 aliphatic carbocycles. The second-order valence-corrected chi connectivity index (χ2v) is 11.0. The van der Waals surface area contributed by atoms with Crippen LogP contribution in [0, 0.1) is 0 Å². The van der Waals surface area contributed by atoms with Gasteiger partial charge in [-0.3, -0.25) is 0 Å². The van der Waals surface area contributed by atoms with Gasteiger partial charge < -0.3 is 9.80 Å². The van der Waals surface area contributed by atoms with Gasteiger partial charge in [0.25, 0.3) is 0 Å². The normalized spacial score (nSPS) is 26.6. The first-order valence-electron chi connectivity index (χ1n) is 10.4. The lowest BCUT2D eigenvalue weighted by molar-refractivity contribution is 0.237. The van der Waals surface area contributed by atoms with E-state index in [1.807, 2.05) is 0 Å². The molecule has 2 aliphatic heterocycles. The maximum Gasteiger partial charge on any atom is 0.131 e. The molecule has 3 heteroatoms. The Labute approximate surface area is 161 Å². The smallest absolute Gasteiger partial charge is 0.131 e. The van der Waals surface area contributed by atoms with E-state index < -0.39 is 0 Å². The fourth-order valence-corrected chi connectivity index (χ4v) is 5.89. The molecule has 0 amide bonds. The van der Waals surface area contributed by atoms with Gasteiger partial charge in [0.05, 0.1) is 0 Å². The van der Waals surface area contributed by atoms with E-state index in [1.54, 1.807) is 0 Å². The molecule has 2 fully saturated rings. The zero-order chi connectivity index (χ0) is 19.4. The van der Waals surface area contributed by atoms with Crippen LogP contribution in [0.15, 0.2) is 18.2 Å². The van der Waals surface area contributed by atoms with E-state index in [0.717, 1.165) is 11.6 Å². The van der Waals surface area contributed by atoms with Crippen molar-refractivity contribution in [2.45, 2.75) is 116 Å². The van der Waals surface area contributed by atoms with E-state index in [9.17, 15) is 0 Å². The van der Waals surface area contributed by atoms with Crippen LogP contribution in [-0.2, 0) is 0 Å². The van der Waals surface area contributed by atoms with Crippen LogP contribution >= 0.6 is 0 Å². The summed E-state index contributed by atoms with van der Waals surface area (Å²) in [6.07, 6.45) is 7.49. The summed E-state index contributed by atoms with van der Waals surface area (Å²) in [5.41, 5.74) is 0.557. The van der Waals surface area contributed by atoms with Crippen molar-refractivity contribution in [2.24, 2.45) is 0 Å². The van der Waals surface area contributed by atoms with Crippen molar-refractivity contribution in [3.05, 3.63) is 18.2 Å². The third-order valence-corrected chi connectivity index (χ3v) is 6.75. The highest BCUT2D eigenvalue weighted by Gasteiger charge is 2.44. The highest BCUT2D eigenvalue weighted by atomic mass is 15.3. The maximum absolute atomic E-state index is 5.25. The molecule has 1 aromatic rings. The number of pyridine rings is 1. The summed E-state index contributed by atoms with van der Waals surface area (Å²) in [5.74, 6) is 2.27. The molecule has 0 radical (unpaired) electrons. The fourth-order valence-electron chi connectivity index (χ4n) is 5.89. The van der Waals surface area contributed by atoms with Crippen molar-refractivity contribution in [1.29, 1.82) is 0 Å². The summed E-state index contributed by atoms with van der Waals surface area (Å²) in [6, 6.07) is 6.63. The Morgan fingerprint density at radius 2 is 0.923 bits per heavy atom. The molecule has 1 aromatic heterocycles. The monoisotopic (exact) mass is 357 g/mol. The minimum atomic E-state index is 0.139. The van der Waals surface area contributed by atoms with Gasteiger partial charge in [0.15, 0.2) is 0 Å². The standard InChI is InChI=1S/C23H39N3/c1-20(2)14-10-15-21(3,4)25(20)18-12-9-13-19(24-18)26-22(5,6)16-11-17-23(26,7)8/h9,12-13H,10-11,14-17H2,1-8H3. The van der Waals surface area contributed by atoms with E-state index in [2.05, 4.69) is 83.4 Å². The largest absolute Gasteiger partial charge is 0.346 e. The minimum absolute atomic E-state index is 0.139.